The Morgan fingerprint density at radius 1 is 1.11 bits per heavy atom. The SMILES string of the molecule is O=C(CNc1ccc(C(=O)N2CCc3ccccc32)cn1)NCc1ccco1. The molecule has 142 valence electrons. The first kappa shape index (κ1) is 17.8. The summed E-state index contributed by atoms with van der Waals surface area (Å²) in [5, 5.41) is 5.69. The van der Waals surface area contributed by atoms with Gasteiger partial charge in [0.05, 0.1) is 24.9 Å². The maximum absolute atomic E-state index is 12.8. The van der Waals surface area contributed by atoms with E-state index in [1.807, 2.05) is 24.3 Å². The minimum atomic E-state index is -0.174. The number of nitrogens with one attached hydrogen (secondary N) is 2. The summed E-state index contributed by atoms with van der Waals surface area (Å²) in [7, 11) is 0. The van der Waals surface area contributed by atoms with E-state index < -0.39 is 0 Å². The molecule has 7 heteroatoms. The van der Waals surface area contributed by atoms with Crippen LogP contribution in [-0.4, -0.2) is 29.9 Å². The third-order valence-corrected chi connectivity index (χ3v) is 4.61. The summed E-state index contributed by atoms with van der Waals surface area (Å²) < 4.78 is 5.16. The smallest absolute Gasteiger partial charge is 0.259 e. The third-order valence-electron chi connectivity index (χ3n) is 4.61. The van der Waals surface area contributed by atoms with Crippen molar-refractivity contribution in [2.24, 2.45) is 0 Å². The van der Waals surface area contributed by atoms with Crippen LogP contribution in [0, 0.1) is 0 Å². The zero-order chi connectivity index (χ0) is 19.3. The number of carbonyl (C=O) groups is 2. The van der Waals surface area contributed by atoms with E-state index in [9.17, 15) is 9.59 Å². The van der Waals surface area contributed by atoms with E-state index in [2.05, 4.69) is 15.6 Å². The molecule has 0 bridgehead atoms. The first-order valence-corrected chi connectivity index (χ1v) is 9.09. The van der Waals surface area contributed by atoms with Crippen molar-refractivity contribution in [3.63, 3.8) is 0 Å². The van der Waals surface area contributed by atoms with Crippen LogP contribution in [0.15, 0.2) is 65.4 Å². The highest BCUT2D eigenvalue weighted by atomic mass is 16.3. The summed E-state index contributed by atoms with van der Waals surface area (Å²) in [6.45, 7) is 1.10. The molecule has 0 radical (unpaired) electrons. The molecule has 1 aromatic carbocycles. The van der Waals surface area contributed by atoms with Gasteiger partial charge in [-0.2, -0.15) is 0 Å². The Morgan fingerprint density at radius 3 is 2.79 bits per heavy atom. The first-order chi connectivity index (χ1) is 13.7. The fraction of sp³-hybridized carbons (Fsp3) is 0.190. The molecule has 0 unspecified atom stereocenters. The average Bonchev–Trinajstić information content (AvgIpc) is 3.40. The minimum Gasteiger partial charge on any atom is -0.467 e. The van der Waals surface area contributed by atoms with Crippen LogP contribution in [0.1, 0.15) is 21.7 Å². The Labute approximate surface area is 162 Å². The molecule has 1 aliphatic heterocycles. The Kier molecular flexibility index (Phi) is 5.05. The molecule has 0 atom stereocenters. The molecular formula is C21H20N4O3. The Hall–Kier alpha value is -3.61. The molecule has 0 saturated carbocycles. The van der Waals surface area contributed by atoms with Crippen molar-refractivity contribution in [3.05, 3.63) is 77.9 Å². The van der Waals surface area contributed by atoms with Crippen molar-refractivity contribution >= 4 is 23.3 Å². The molecule has 0 fully saturated rings. The number of anilines is 2. The molecule has 2 N–H and O–H groups in total. The zero-order valence-electron chi connectivity index (χ0n) is 15.2. The van der Waals surface area contributed by atoms with Gasteiger partial charge in [-0.1, -0.05) is 18.2 Å². The van der Waals surface area contributed by atoms with Gasteiger partial charge < -0.3 is 20.0 Å². The summed E-state index contributed by atoms with van der Waals surface area (Å²) in [6.07, 6.45) is 3.96. The number of carbonyl (C=O) groups excluding carboxylic acids is 2. The highest BCUT2D eigenvalue weighted by molar-refractivity contribution is 6.07. The molecule has 3 heterocycles. The summed E-state index contributed by atoms with van der Waals surface area (Å²) in [5.74, 6) is 0.983. The van der Waals surface area contributed by atoms with Crippen LogP contribution in [0.25, 0.3) is 0 Å². The van der Waals surface area contributed by atoms with E-state index in [4.69, 9.17) is 4.42 Å². The highest BCUT2D eigenvalue weighted by Gasteiger charge is 2.25. The van der Waals surface area contributed by atoms with E-state index in [0.717, 1.165) is 12.1 Å². The summed E-state index contributed by atoms with van der Waals surface area (Å²) in [5.41, 5.74) is 2.66. The molecule has 28 heavy (non-hydrogen) atoms. The van der Waals surface area contributed by atoms with Crippen LogP contribution in [-0.2, 0) is 17.8 Å². The number of furan rings is 1. The summed E-state index contributed by atoms with van der Waals surface area (Å²) in [6, 6.07) is 14.9. The molecule has 2 aromatic heterocycles. The Morgan fingerprint density at radius 2 is 2.00 bits per heavy atom. The predicted octanol–water partition coefficient (Wildman–Crippen LogP) is 2.61. The molecule has 4 rings (SSSR count). The van der Waals surface area contributed by atoms with Gasteiger partial charge in [-0.3, -0.25) is 9.59 Å². The molecule has 2 amide bonds. The standard InChI is InChI=1S/C21H20N4O3/c26-20(24-13-17-5-3-11-28-17)14-23-19-8-7-16(12-22-19)21(27)25-10-9-15-4-1-2-6-18(15)25/h1-8,11-12H,9-10,13-14H2,(H,22,23)(H,24,26). The molecule has 0 aliphatic carbocycles. The quantitative estimate of drug-likeness (QED) is 0.691. The van der Waals surface area contributed by atoms with Gasteiger partial charge in [0.2, 0.25) is 5.91 Å². The van der Waals surface area contributed by atoms with Crippen LogP contribution in [0.2, 0.25) is 0 Å². The summed E-state index contributed by atoms with van der Waals surface area (Å²) in [4.78, 5) is 30.7. The normalized spacial score (nSPS) is 12.5. The van der Waals surface area contributed by atoms with Crippen molar-refractivity contribution in [1.82, 2.24) is 10.3 Å². The predicted molar refractivity (Wildman–Crippen MR) is 105 cm³/mol. The van der Waals surface area contributed by atoms with E-state index >= 15 is 0 Å². The second-order valence-corrected chi connectivity index (χ2v) is 6.48. The number of pyridine rings is 1. The Bertz CT molecular complexity index is 968. The zero-order valence-corrected chi connectivity index (χ0v) is 15.2. The fourth-order valence-electron chi connectivity index (χ4n) is 3.16. The van der Waals surface area contributed by atoms with Gasteiger partial charge in [0, 0.05) is 18.4 Å². The maximum Gasteiger partial charge on any atom is 0.259 e. The lowest BCUT2D eigenvalue weighted by Gasteiger charge is -2.17. The number of fused-ring (bicyclic) bond motifs is 1. The largest absolute Gasteiger partial charge is 0.467 e. The highest BCUT2D eigenvalue weighted by Crippen LogP contribution is 2.28. The van der Waals surface area contributed by atoms with Gasteiger partial charge in [0.1, 0.15) is 11.6 Å². The van der Waals surface area contributed by atoms with E-state index in [-0.39, 0.29) is 18.4 Å². The minimum absolute atomic E-state index is 0.0693. The van der Waals surface area contributed by atoms with E-state index in [1.165, 1.54) is 11.8 Å². The van der Waals surface area contributed by atoms with Crippen molar-refractivity contribution in [2.45, 2.75) is 13.0 Å². The number of nitrogens with zero attached hydrogens (tertiary/aromatic N) is 2. The topological polar surface area (TPSA) is 87.5 Å². The number of amides is 2. The lowest BCUT2D eigenvalue weighted by atomic mass is 10.2. The molecule has 3 aromatic rings. The van der Waals surface area contributed by atoms with Crippen LogP contribution in [0.3, 0.4) is 0 Å². The fourth-order valence-corrected chi connectivity index (χ4v) is 3.16. The molecular weight excluding hydrogens is 356 g/mol. The van der Waals surface area contributed by atoms with E-state index in [0.29, 0.717) is 30.2 Å². The van der Waals surface area contributed by atoms with Gasteiger partial charge in [-0.05, 0) is 42.3 Å². The number of hydrogen-bond acceptors (Lipinski definition) is 5. The second-order valence-electron chi connectivity index (χ2n) is 6.48. The van der Waals surface area contributed by atoms with Crippen molar-refractivity contribution < 1.29 is 14.0 Å². The number of hydrogen-bond donors (Lipinski definition) is 2. The number of rotatable bonds is 6. The lowest BCUT2D eigenvalue weighted by molar-refractivity contribution is -0.119. The van der Waals surface area contributed by atoms with Crippen LogP contribution >= 0.6 is 0 Å². The maximum atomic E-state index is 12.8. The van der Waals surface area contributed by atoms with Crippen LogP contribution < -0.4 is 15.5 Å². The van der Waals surface area contributed by atoms with E-state index in [1.54, 1.807) is 35.4 Å². The molecule has 0 spiro atoms. The lowest BCUT2D eigenvalue weighted by Crippen LogP contribution is -2.30. The van der Waals surface area contributed by atoms with Gasteiger partial charge >= 0.3 is 0 Å². The van der Waals surface area contributed by atoms with Gasteiger partial charge in [0.25, 0.3) is 5.91 Å². The third kappa shape index (κ3) is 3.88. The first-order valence-electron chi connectivity index (χ1n) is 9.09. The van der Waals surface area contributed by atoms with Crippen LogP contribution in [0.5, 0.6) is 0 Å². The molecule has 0 saturated heterocycles. The van der Waals surface area contributed by atoms with Gasteiger partial charge in [0.15, 0.2) is 0 Å². The van der Waals surface area contributed by atoms with Gasteiger partial charge in [-0.25, -0.2) is 4.98 Å². The molecule has 1 aliphatic rings. The van der Waals surface area contributed by atoms with Crippen molar-refractivity contribution in [3.8, 4) is 0 Å². The second kappa shape index (κ2) is 7.96. The average molecular weight is 376 g/mol. The summed E-state index contributed by atoms with van der Waals surface area (Å²) >= 11 is 0. The number of benzene rings is 1. The van der Waals surface area contributed by atoms with Crippen molar-refractivity contribution in [2.75, 3.05) is 23.3 Å². The van der Waals surface area contributed by atoms with Crippen LogP contribution in [0.4, 0.5) is 11.5 Å². The Balaban J connectivity index is 1.31. The number of para-hydroxylation sites is 1. The van der Waals surface area contributed by atoms with Gasteiger partial charge in [-0.15, -0.1) is 0 Å². The number of aromatic nitrogens is 1. The monoisotopic (exact) mass is 376 g/mol. The van der Waals surface area contributed by atoms with Crippen molar-refractivity contribution in [1.29, 1.82) is 0 Å². The molecule has 7 nitrogen and oxygen atoms in total.